The second-order valence-corrected chi connectivity index (χ2v) is 7.16. The first-order valence-electron chi connectivity index (χ1n) is 9.09. The third-order valence-corrected chi connectivity index (χ3v) is 5.04. The van der Waals surface area contributed by atoms with Crippen molar-refractivity contribution in [3.8, 4) is 5.69 Å². The van der Waals surface area contributed by atoms with Crippen molar-refractivity contribution in [1.82, 2.24) is 14.7 Å². The zero-order valence-electron chi connectivity index (χ0n) is 15.3. The maximum Gasteiger partial charge on any atom is 0.292 e. The molecule has 2 aromatic rings. The third-order valence-electron chi connectivity index (χ3n) is 4.69. The Hall–Kier alpha value is -2.38. The van der Waals surface area contributed by atoms with E-state index >= 15 is 0 Å². The van der Waals surface area contributed by atoms with Gasteiger partial charge in [-0.15, -0.1) is 0 Å². The van der Waals surface area contributed by atoms with Crippen molar-refractivity contribution in [1.29, 1.82) is 0 Å². The molecular weight excluding hydrogens is 366 g/mol. The van der Waals surface area contributed by atoms with Crippen molar-refractivity contribution >= 4 is 23.2 Å². The first-order chi connectivity index (χ1) is 13.0. The van der Waals surface area contributed by atoms with E-state index in [4.69, 9.17) is 17.3 Å². The Bertz CT molecular complexity index is 845. The molecule has 7 nitrogen and oxygen atoms in total. The van der Waals surface area contributed by atoms with Gasteiger partial charge >= 0.3 is 0 Å². The Balaban J connectivity index is 1.69. The van der Waals surface area contributed by atoms with Crippen LogP contribution in [-0.2, 0) is 4.79 Å². The Labute approximate surface area is 163 Å². The zero-order chi connectivity index (χ0) is 19.4. The predicted molar refractivity (Wildman–Crippen MR) is 107 cm³/mol. The van der Waals surface area contributed by atoms with Gasteiger partial charge in [0.05, 0.1) is 17.6 Å². The molecule has 27 heavy (non-hydrogen) atoms. The molecule has 0 radical (unpaired) electrons. The molecule has 3 rings (SSSR count). The summed E-state index contributed by atoms with van der Waals surface area (Å²) in [5, 5.41) is 4.42. The molecule has 1 aromatic carbocycles. The molecule has 1 aliphatic rings. The van der Waals surface area contributed by atoms with E-state index in [2.05, 4.69) is 5.10 Å². The number of hydrogen-bond acceptors (Lipinski definition) is 5. The number of rotatable bonds is 5. The van der Waals surface area contributed by atoms with Crippen molar-refractivity contribution in [3.05, 3.63) is 51.9 Å². The van der Waals surface area contributed by atoms with Gasteiger partial charge in [0.2, 0.25) is 5.91 Å². The zero-order valence-corrected chi connectivity index (χ0v) is 16.1. The molecular formula is C19H24ClN5O2. The number of nitrogens with zero attached hydrogens (tertiary/aromatic N) is 4. The van der Waals surface area contributed by atoms with Crippen LogP contribution in [0.25, 0.3) is 5.69 Å². The van der Waals surface area contributed by atoms with Gasteiger partial charge in [0.15, 0.2) is 0 Å². The number of para-hydroxylation sites is 1. The van der Waals surface area contributed by atoms with Crippen LogP contribution in [0.1, 0.15) is 19.8 Å². The van der Waals surface area contributed by atoms with E-state index in [9.17, 15) is 9.59 Å². The highest BCUT2D eigenvalue weighted by atomic mass is 35.5. The summed E-state index contributed by atoms with van der Waals surface area (Å²) in [7, 11) is 0. The lowest BCUT2D eigenvalue weighted by atomic mass is 10.1. The highest BCUT2D eigenvalue weighted by molar-refractivity contribution is 6.33. The molecule has 1 aromatic heterocycles. The number of halogens is 1. The molecule has 1 saturated heterocycles. The Morgan fingerprint density at radius 1 is 1.22 bits per heavy atom. The van der Waals surface area contributed by atoms with Gasteiger partial charge < -0.3 is 15.5 Å². The van der Waals surface area contributed by atoms with Crippen molar-refractivity contribution in [2.24, 2.45) is 5.73 Å². The number of anilines is 1. The molecule has 2 N–H and O–H groups in total. The number of hydrogen-bond donors (Lipinski definition) is 1. The fourth-order valence-electron chi connectivity index (χ4n) is 3.10. The molecule has 1 fully saturated rings. The molecule has 0 aliphatic carbocycles. The lowest BCUT2D eigenvalue weighted by Crippen LogP contribution is -2.49. The highest BCUT2D eigenvalue weighted by Crippen LogP contribution is 2.23. The summed E-state index contributed by atoms with van der Waals surface area (Å²) in [5.41, 5.74) is 6.65. The minimum absolute atomic E-state index is 0.0243. The number of carbonyl (C=O) groups excluding carboxylic acids is 1. The van der Waals surface area contributed by atoms with E-state index in [0.29, 0.717) is 50.4 Å². The minimum atomic E-state index is -0.351. The summed E-state index contributed by atoms with van der Waals surface area (Å²) in [6.07, 6.45) is 2.77. The van der Waals surface area contributed by atoms with E-state index in [1.54, 1.807) is 18.3 Å². The van der Waals surface area contributed by atoms with Gasteiger partial charge in [0, 0.05) is 38.6 Å². The molecule has 0 saturated carbocycles. The number of benzene rings is 1. The van der Waals surface area contributed by atoms with Crippen LogP contribution in [0.5, 0.6) is 0 Å². The summed E-state index contributed by atoms with van der Waals surface area (Å²) in [6, 6.07) is 9.18. The van der Waals surface area contributed by atoms with Crippen LogP contribution < -0.4 is 16.2 Å². The number of aromatic nitrogens is 2. The predicted octanol–water partition coefficient (Wildman–Crippen LogP) is 1.66. The second kappa shape index (κ2) is 8.54. The molecule has 0 bridgehead atoms. The van der Waals surface area contributed by atoms with Crippen LogP contribution in [-0.4, -0.2) is 52.8 Å². The van der Waals surface area contributed by atoms with Crippen LogP contribution in [0.3, 0.4) is 0 Å². The maximum absolute atomic E-state index is 12.6. The van der Waals surface area contributed by atoms with Crippen LogP contribution in [0, 0.1) is 0 Å². The average molecular weight is 390 g/mol. The van der Waals surface area contributed by atoms with E-state index in [0.717, 1.165) is 0 Å². The molecule has 1 amide bonds. The first kappa shape index (κ1) is 19.4. The van der Waals surface area contributed by atoms with Gasteiger partial charge in [0.1, 0.15) is 5.02 Å². The summed E-state index contributed by atoms with van der Waals surface area (Å²) in [6.45, 7) is 4.31. The van der Waals surface area contributed by atoms with E-state index in [1.165, 1.54) is 4.68 Å². The van der Waals surface area contributed by atoms with E-state index in [1.807, 2.05) is 34.9 Å². The van der Waals surface area contributed by atoms with Crippen LogP contribution >= 0.6 is 11.6 Å². The normalized spacial score (nSPS) is 15.7. The van der Waals surface area contributed by atoms with Gasteiger partial charge in [-0.25, -0.2) is 0 Å². The fourth-order valence-corrected chi connectivity index (χ4v) is 3.35. The van der Waals surface area contributed by atoms with Crippen LogP contribution in [0.4, 0.5) is 5.69 Å². The Kier molecular flexibility index (Phi) is 6.13. The van der Waals surface area contributed by atoms with E-state index in [-0.39, 0.29) is 22.5 Å². The van der Waals surface area contributed by atoms with Gasteiger partial charge in [0.25, 0.3) is 5.56 Å². The van der Waals surface area contributed by atoms with E-state index < -0.39 is 0 Å². The minimum Gasteiger partial charge on any atom is -0.365 e. The summed E-state index contributed by atoms with van der Waals surface area (Å²) in [5.74, 6) is 0.121. The highest BCUT2D eigenvalue weighted by Gasteiger charge is 2.24. The monoisotopic (exact) mass is 389 g/mol. The number of nitrogens with two attached hydrogens (primary N) is 1. The number of amides is 1. The standard InChI is InChI=1S/C19H24ClN5O2/c1-14(21)7-8-17(26)24-11-9-23(10-12-24)16-13-22-25(19(27)18(16)20)15-5-3-2-4-6-15/h2-6,13-14H,7-12,21H2,1H3. The molecule has 2 heterocycles. The molecule has 0 spiro atoms. The second-order valence-electron chi connectivity index (χ2n) is 6.78. The lowest BCUT2D eigenvalue weighted by molar-refractivity contribution is -0.131. The quantitative estimate of drug-likeness (QED) is 0.840. The molecule has 8 heteroatoms. The number of piperazine rings is 1. The van der Waals surface area contributed by atoms with Gasteiger partial charge in [-0.1, -0.05) is 29.8 Å². The third kappa shape index (κ3) is 4.48. The summed E-state index contributed by atoms with van der Waals surface area (Å²) >= 11 is 6.36. The molecule has 144 valence electrons. The summed E-state index contributed by atoms with van der Waals surface area (Å²) in [4.78, 5) is 28.7. The van der Waals surface area contributed by atoms with Crippen molar-refractivity contribution in [2.45, 2.75) is 25.8 Å². The topological polar surface area (TPSA) is 84.5 Å². The summed E-state index contributed by atoms with van der Waals surface area (Å²) < 4.78 is 1.29. The molecule has 1 aliphatic heterocycles. The largest absolute Gasteiger partial charge is 0.365 e. The molecule has 1 atom stereocenters. The maximum atomic E-state index is 12.6. The lowest BCUT2D eigenvalue weighted by Gasteiger charge is -2.36. The van der Waals surface area contributed by atoms with Crippen molar-refractivity contribution in [2.75, 3.05) is 31.1 Å². The van der Waals surface area contributed by atoms with Crippen LogP contribution in [0.2, 0.25) is 5.02 Å². The Morgan fingerprint density at radius 3 is 2.52 bits per heavy atom. The Morgan fingerprint density at radius 2 is 1.89 bits per heavy atom. The number of carbonyl (C=O) groups is 1. The van der Waals surface area contributed by atoms with Gasteiger partial charge in [-0.05, 0) is 25.5 Å². The van der Waals surface area contributed by atoms with Crippen LogP contribution in [0.15, 0.2) is 41.3 Å². The smallest absolute Gasteiger partial charge is 0.292 e. The SMILES string of the molecule is CC(N)CCC(=O)N1CCN(c2cnn(-c3ccccc3)c(=O)c2Cl)CC1. The van der Waals surface area contributed by atoms with Gasteiger partial charge in [-0.2, -0.15) is 9.78 Å². The fraction of sp³-hybridized carbons (Fsp3) is 0.421. The van der Waals surface area contributed by atoms with Crippen molar-refractivity contribution in [3.63, 3.8) is 0 Å². The first-order valence-corrected chi connectivity index (χ1v) is 9.46. The van der Waals surface area contributed by atoms with Crippen molar-refractivity contribution < 1.29 is 4.79 Å². The molecule has 1 unspecified atom stereocenters. The average Bonchev–Trinajstić information content (AvgIpc) is 2.69. The van der Waals surface area contributed by atoms with Gasteiger partial charge in [-0.3, -0.25) is 9.59 Å².